The molecule has 202 valence electrons. The van der Waals surface area contributed by atoms with Crippen molar-refractivity contribution in [2.75, 3.05) is 11.9 Å². The zero-order valence-corrected chi connectivity index (χ0v) is 23.1. The number of nitriles is 1. The van der Waals surface area contributed by atoms with Gasteiger partial charge in [-0.2, -0.15) is 5.26 Å². The fourth-order valence-corrected chi connectivity index (χ4v) is 4.01. The molecule has 1 amide bonds. The lowest BCUT2D eigenvalue weighted by Crippen LogP contribution is -2.13. The van der Waals surface area contributed by atoms with Crippen LogP contribution in [0.2, 0.25) is 5.02 Å². The Morgan fingerprint density at radius 3 is 2.27 bits per heavy atom. The molecule has 40 heavy (non-hydrogen) atoms. The summed E-state index contributed by atoms with van der Waals surface area (Å²) >= 11 is 6.23. The molecule has 1 N–H and O–H groups in total. The summed E-state index contributed by atoms with van der Waals surface area (Å²) in [5.41, 5.74) is 4.02. The average molecular weight is 553 g/mol. The molecule has 7 heteroatoms. The van der Waals surface area contributed by atoms with Gasteiger partial charge in [0.05, 0.1) is 6.61 Å². The van der Waals surface area contributed by atoms with Gasteiger partial charge in [0, 0.05) is 16.3 Å². The third-order valence-corrected chi connectivity index (χ3v) is 6.12. The van der Waals surface area contributed by atoms with Gasteiger partial charge in [-0.05, 0) is 73.5 Å². The number of carbonyl (C=O) groups excluding carboxylic acids is 1. The number of hydrogen-bond donors (Lipinski definition) is 1. The molecule has 0 radical (unpaired) electrons. The molecule has 0 heterocycles. The van der Waals surface area contributed by atoms with Gasteiger partial charge in [0.2, 0.25) is 0 Å². The molecule has 4 aromatic carbocycles. The molecule has 0 aliphatic heterocycles. The zero-order chi connectivity index (χ0) is 28.3. The van der Waals surface area contributed by atoms with Crippen LogP contribution < -0.4 is 19.5 Å². The molecular weight excluding hydrogens is 524 g/mol. The number of ether oxygens (including phenoxy) is 3. The van der Waals surface area contributed by atoms with Gasteiger partial charge in [-0.25, -0.2) is 0 Å². The Kier molecular flexibility index (Phi) is 9.82. The molecule has 0 saturated heterocycles. The second-order valence-corrected chi connectivity index (χ2v) is 9.39. The Labute approximate surface area is 239 Å². The van der Waals surface area contributed by atoms with Crippen molar-refractivity contribution in [1.29, 1.82) is 5.26 Å². The topological polar surface area (TPSA) is 80.6 Å². The standard InChI is InChI=1S/C33H29ClN2O4/c1-3-38-32-17-25(11-15-31(32)40-21-24-7-5-4-6-8-24)22-39-30-16-12-28(34)19-26(30)18-27(20-35)33(37)36-29-13-9-23(2)10-14-29/h4-19H,3,21-22H2,1-2H3,(H,36,37)/b27-18-. The van der Waals surface area contributed by atoms with Crippen LogP contribution in [0.3, 0.4) is 0 Å². The van der Waals surface area contributed by atoms with Gasteiger partial charge in [0.15, 0.2) is 11.5 Å². The summed E-state index contributed by atoms with van der Waals surface area (Å²) in [5.74, 6) is 1.21. The Morgan fingerprint density at radius 2 is 1.55 bits per heavy atom. The smallest absolute Gasteiger partial charge is 0.266 e. The first-order valence-electron chi connectivity index (χ1n) is 12.8. The quantitative estimate of drug-likeness (QED) is 0.152. The molecule has 6 nitrogen and oxygen atoms in total. The molecule has 0 aromatic heterocycles. The van der Waals surface area contributed by atoms with Crippen molar-refractivity contribution in [2.45, 2.75) is 27.1 Å². The molecule has 0 spiro atoms. The van der Waals surface area contributed by atoms with Gasteiger partial charge < -0.3 is 19.5 Å². The number of nitrogens with zero attached hydrogens (tertiary/aromatic N) is 1. The van der Waals surface area contributed by atoms with Crippen LogP contribution in [0, 0.1) is 18.3 Å². The van der Waals surface area contributed by atoms with Crippen molar-refractivity contribution in [3.8, 4) is 23.3 Å². The van der Waals surface area contributed by atoms with E-state index in [2.05, 4.69) is 5.32 Å². The highest BCUT2D eigenvalue weighted by Gasteiger charge is 2.13. The fraction of sp³-hybridized carbons (Fsp3) is 0.152. The zero-order valence-electron chi connectivity index (χ0n) is 22.3. The van der Waals surface area contributed by atoms with E-state index in [1.54, 1.807) is 30.3 Å². The van der Waals surface area contributed by atoms with Crippen molar-refractivity contribution >= 4 is 29.3 Å². The predicted molar refractivity (Wildman–Crippen MR) is 158 cm³/mol. The van der Waals surface area contributed by atoms with Crippen molar-refractivity contribution in [1.82, 2.24) is 0 Å². The Bertz CT molecular complexity index is 1530. The fourth-order valence-electron chi connectivity index (χ4n) is 3.83. The van der Waals surface area contributed by atoms with Gasteiger partial charge in [0.1, 0.15) is 30.6 Å². The van der Waals surface area contributed by atoms with Crippen LogP contribution in [0.25, 0.3) is 6.08 Å². The molecule has 4 rings (SSSR count). The first-order chi connectivity index (χ1) is 19.4. The summed E-state index contributed by atoms with van der Waals surface area (Å²) in [5, 5.41) is 12.9. The van der Waals surface area contributed by atoms with Crippen LogP contribution in [-0.2, 0) is 18.0 Å². The number of rotatable bonds is 11. The summed E-state index contributed by atoms with van der Waals surface area (Å²) < 4.78 is 17.9. The third kappa shape index (κ3) is 7.89. The van der Waals surface area contributed by atoms with Crippen LogP contribution in [-0.4, -0.2) is 12.5 Å². The van der Waals surface area contributed by atoms with E-state index < -0.39 is 5.91 Å². The lowest BCUT2D eigenvalue weighted by Gasteiger charge is -2.15. The minimum Gasteiger partial charge on any atom is -0.490 e. The maximum atomic E-state index is 12.8. The summed E-state index contributed by atoms with van der Waals surface area (Å²) in [4.78, 5) is 12.8. The average Bonchev–Trinajstić information content (AvgIpc) is 2.96. The highest BCUT2D eigenvalue weighted by atomic mass is 35.5. The summed E-state index contributed by atoms with van der Waals surface area (Å²) in [6, 6.07) is 29.9. The van der Waals surface area contributed by atoms with Gasteiger partial charge in [0.25, 0.3) is 5.91 Å². The van der Waals surface area contributed by atoms with E-state index >= 15 is 0 Å². The van der Waals surface area contributed by atoms with E-state index in [9.17, 15) is 10.1 Å². The summed E-state index contributed by atoms with van der Waals surface area (Å²) in [7, 11) is 0. The number of hydrogen-bond acceptors (Lipinski definition) is 5. The Hall–Kier alpha value is -4.73. The van der Waals surface area contributed by atoms with E-state index in [1.165, 1.54) is 6.08 Å². The van der Waals surface area contributed by atoms with E-state index in [0.29, 0.717) is 46.7 Å². The maximum Gasteiger partial charge on any atom is 0.266 e. The maximum absolute atomic E-state index is 12.8. The van der Waals surface area contributed by atoms with E-state index in [-0.39, 0.29) is 12.2 Å². The number of benzene rings is 4. The second-order valence-electron chi connectivity index (χ2n) is 8.95. The highest BCUT2D eigenvalue weighted by molar-refractivity contribution is 6.30. The lowest BCUT2D eigenvalue weighted by atomic mass is 10.1. The van der Waals surface area contributed by atoms with Crippen LogP contribution in [0.1, 0.15) is 29.2 Å². The first kappa shape index (κ1) is 28.3. The summed E-state index contributed by atoms with van der Waals surface area (Å²) in [6.45, 7) is 5.01. The van der Waals surface area contributed by atoms with Gasteiger partial charge in [-0.1, -0.05) is 65.7 Å². The van der Waals surface area contributed by atoms with E-state index in [0.717, 1.165) is 16.7 Å². The van der Waals surface area contributed by atoms with Crippen molar-refractivity contribution in [3.05, 3.63) is 124 Å². The number of carbonyl (C=O) groups is 1. The normalized spacial score (nSPS) is 10.9. The molecule has 0 atom stereocenters. The van der Waals surface area contributed by atoms with Crippen LogP contribution in [0.4, 0.5) is 5.69 Å². The highest BCUT2D eigenvalue weighted by Crippen LogP contribution is 2.31. The van der Waals surface area contributed by atoms with Crippen LogP contribution in [0.5, 0.6) is 17.2 Å². The third-order valence-electron chi connectivity index (χ3n) is 5.89. The Morgan fingerprint density at radius 1 is 0.850 bits per heavy atom. The SMILES string of the molecule is CCOc1cc(COc2ccc(Cl)cc2/C=C(/C#N)C(=O)Nc2ccc(C)cc2)ccc1OCc1ccccc1. The molecule has 0 bridgehead atoms. The minimum atomic E-state index is -0.523. The number of halogens is 1. The van der Waals surface area contributed by atoms with Crippen molar-refractivity contribution in [3.63, 3.8) is 0 Å². The number of nitrogens with one attached hydrogen (secondary N) is 1. The van der Waals surface area contributed by atoms with Crippen LogP contribution >= 0.6 is 11.6 Å². The monoisotopic (exact) mass is 552 g/mol. The number of amides is 1. The number of anilines is 1. The molecule has 0 unspecified atom stereocenters. The first-order valence-corrected chi connectivity index (χ1v) is 13.2. The van der Waals surface area contributed by atoms with Crippen molar-refractivity contribution < 1.29 is 19.0 Å². The van der Waals surface area contributed by atoms with E-state index in [1.807, 2.05) is 80.6 Å². The van der Waals surface area contributed by atoms with Gasteiger partial charge in [-0.15, -0.1) is 0 Å². The lowest BCUT2D eigenvalue weighted by molar-refractivity contribution is -0.112. The van der Waals surface area contributed by atoms with Gasteiger partial charge in [-0.3, -0.25) is 4.79 Å². The second kappa shape index (κ2) is 13.9. The van der Waals surface area contributed by atoms with Crippen LogP contribution in [0.15, 0.2) is 96.6 Å². The predicted octanol–water partition coefficient (Wildman–Crippen LogP) is 7.75. The van der Waals surface area contributed by atoms with Gasteiger partial charge >= 0.3 is 0 Å². The minimum absolute atomic E-state index is 0.0776. The molecule has 0 aliphatic carbocycles. The molecular formula is C33H29ClN2O4. The largest absolute Gasteiger partial charge is 0.490 e. The summed E-state index contributed by atoms with van der Waals surface area (Å²) in [6.07, 6.45) is 1.47. The molecule has 0 fully saturated rings. The Balaban J connectivity index is 1.49. The molecule has 0 aliphatic rings. The molecule has 4 aromatic rings. The van der Waals surface area contributed by atoms with Crippen molar-refractivity contribution in [2.24, 2.45) is 0 Å². The molecule has 0 saturated carbocycles. The van der Waals surface area contributed by atoms with E-state index in [4.69, 9.17) is 25.8 Å². The number of aryl methyl sites for hydroxylation is 1.